The average Bonchev–Trinajstić information content (AvgIpc) is 2.30. The number of pyridine rings is 1. The molecule has 2 aromatic rings. The van der Waals surface area contributed by atoms with Gasteiger partial charge in [-0.1, -0.05) is 25.1 Å². The van der Waals surface area contributed by atoms with Crippen LogP contribution >= 0.6 is 0 Å². The lowest BCUT2D eigenvalue weighted by Gasteiger charge is -2.13. The van der Waals surface area contributed by atoms with Gasteiger partial charge in [-0.05, 0) is 31.4 Å². The molecule has 0 aliphatic heterocycles. The van der Waals surface area contributed by atoms with Crippen LogP contribution in [-0.4, -0.2) is 12.0 Å². The predicted octanol–water partition coefficient (Wildman–Crippen LogP) is 3.46. The molecule has 16 heavy (non-hydrogen) atoms. The number of nitrogens with one attached hydrogen (secondary N) is 1. The number of anilines is 1. The number of para-hydroxylation sites is 1. The molecule has 0 radical (unpaired) electrons. The van der Waals surface area contributed by atoms with Crippen LogP contribution in [0.25, 0.3) is 10.9 Å². The van der Waals surface area contributed by atoms with Crippen LogP contribution in [0.4, 0.5) is 5.69 Å². The number of aromatic nitrogens is 1. The Hall–Kier alpha value is -1.57. The highest BCUT2D eigenvalue weighted by Crippen LogP contribution is 2.29. The van der Waals surface area contributed by atoms with Crippen molar-refractivity contribution in [3.63, 3.8) is 0 Å². The van der Waals surface area contributed by atoms with E-state index in [1.807, 2.05) is 7.05 Å². The Labute approximate surface area is 96.7 Å². The summed E-state index contributed by atoms with van der Waals surface area (Å²) in [4.78, 5) is 4.71. The normalized spacial score (nSPS) is 10.8. The van der Waals surface area contributed by atoms with Crippen molar-refractivity contribution >= 4 is 16.6 Å². The van der Waals surface area contributed by atoms with Crippen LogP contribution in [0.3, 0.4) is 0 Å². The van der Waals surface area contributed by atoms with Gasteiger partial charge in [0.15, 0.2) is 0 Å². The molecule has 0 bridgehead atoms. The van der Waals surface area contributed by atoms with E-state index < -0.39 is 0 Å². The van der Waals surface area contributed by atoms with Crippen LogP contribution in [0.2, 0.25) is 0 Å². The largest absolute Gasteiger partial charge is 0.387 e. The van der Waals surface area contributed by atoms with Crippen LogP contribution < -0.4 is 5.32 Å². The number of benzene rings is 1. The van der Waals surface area contributed by atoms with Gasteiger partial charge in [-0.25, -0.2) is 0 Å². The summed E-state index contributed by atoms with van der Waals surface area (Å²) in [6, 6.07) is 6.40. The molecular weight excluding hydrogens is 196 g/mol. The molecule has 0 amide bonds. The summed E-state index contributed by atoms with van der Waals surface area (Å²) in [7, 11) is 1.97. The van der Waals surface area contributed by atoms with E-state index in [0.29, 0.717) is 0 Å². The third-order valence-electron chi connectivity index (χ3n) is 3.22. The van der Waals surface area contributed by atoms with Gasteiger partial charge in [-0.15, -0.1) is 0 Å². The Morgan fingerprint density at radius 1 is 1.25 bits per heavy atom. The minimum absolute atomic E-state index is 1.02. The molecular formula is C14H18N2. The molecule has 1 aromatic heterocycles. The number of hydrogen-bond donors (Lipinski definition) is 1. The maximum atomic E-state index is 4.71. The SMILES string of the molecule is CCc1cccc2c(NC)c(C)c(C)nc12. The second-order valence-corrected chi connectivity index (χ2v) is 4.11. The van der Waals surface area contributed by atoms with Crippen molar-refractivity contribution in [1.82, 2.24) is 4.98 Å². The van der Waals surface area contributed by atoms with Crippen LogP contribution in [0.15, 0.2) is 18.2 Å². The average molecular weight is 214 g/mol. The number of fused-ring (bicyclic) bond motifs is 1. The van der Waals surface area contributed by atoms with Gasteiger partial charge in [0.05, 0.1) is 5.52 Å². The molecule has 0 saturated carbocycles. The Kier molecular flexibility index (Phi) is 2.82. The third kappa shape index (κ3) is 1.54. The second kappa shape index (κ2) is 4.12. The molecule has 1 aromatic carbocycles. The number of nitrogens with zero attached hydrogens (tertiary/aromatic N) is 1. The number of aryl methyl sites for hydroxylation is 2. The fourth-order valence-corrected chi connectivity index (χ4v) is 2.17. The van der Waals surface area contributed by atoms with Crippen molar-refractivity contribution in [2.75, 3.05) is 12.4 Å². The Morgan fingerprint density at radius 3 is 2.62 bits per heavy atom. The number of rotatable bonds is 2. The van der Waals surface area contributed by atoms with Crippen molar-refractivity contribution in [2.24, 2.45) is 0 Å². The van der Waals surface area contributed by atoms with Crippen molar-refractivity contribution in [3.8, 4) is 0 Å². The van der Waals surface area contributed by atoms with E-state index in [4.69, 9.17) is 4.98 Å². The lowest BCUT2D eigenvalue weighted by molar-refractivity contribution is 1.12. The topological polar surface area (TPSA) is 24.9 Å². The molecule has 1 N–H and O–H groups in total. The lowest BCUT2D eigenvalue weighted by Crippen LogP contribution is -2.00. The molecule has 2 nitrogen and oxygen atoms in total. The highest BCUT2D eigenvalue weighted by molar-refractivity contribution is 5.95. The highest BCUT2D eigenvalue weighted by Gasteiger charge is 2.09. The molecule has 0 atom stereocenters. The van der Waals surface area contributed by atoms with Gasteiger partial charge >= 0.3 is 0 Å². The highest BCUT2D eigenvalue weighted by atomic mass is 14.8. The minimum atomic E-state index is 1.02. The third-order valence-corrected chi connectivity index (χ3v) is 3.22. The van der Waals surface area contributed by atoms with Gasteiger partial charge in [0, 0.05) is 23.8 Å². The Bertz CT molecular complexity index is 530. The first-order chi connectivity index (χ1) is 7.69. The summed E-state index contributed by atoms with van der Waals surface area (Å²) >= 11 is 0. The van der Waals surface area contributed by atoms with Gasteiger partial charge in [0.1, 0.15) is 0 Å². The summed E-state index contributed by atoms with van der Waals surface area (Å²) in [5.74, 6) is 0. The number of hydrogen-bond acceptors (Lipinski definition) is 2. The van der Waals surface area contributed by atoms with Crippen LogP contribution in [-0.2, 0) is 6.42 Å². The first-order valence-corrected chi connectivity index (χ1v) is 5.75. The zero-order valence-corrected chi connectivity index (χ0v) is 10.4. The van der Waals surface area contributed by atoms with Crippen molar-refractivity contribution in [3.05, 3.63) is 35.0 Å². The van der Waals surface area contributed by atoms with Gasteiger partial charge in [-0.3, -0.25) is 4.98 Å². The maximum Gasteiger partial charge on any atom is 0.0757 e. The zero-order valence-electron chi connectivity index (χ0n) is 10.4. The summed E-state index contributed by atoms with van der Waals surface area (Å²) in [6.07, 6.45) is 1.02. The van der Waals surface area contributed by atoms with E-state index in [9.17, 15) is 0 Å². The first kappa shape index (κ1) is 10.9. The van der Waals surface area contributed by atoms with E-state index in [-0.39, 0.29) is 0 Å². The zero-order chi connectivity index (χ0) is 11.7. The van der Waals surface area contributed by atoms with Crippen LogP contribution in [0, 0.1) is 13.8 Å². The molecule has 0 saturated heterocycles. The minimum Gasteiger partial charge on any atom is -0.387 e. The van der Waals surface area contributed by atoms with Crippen molar-refractivity contribution in [2.45, 2.75) is 27.2 Å². The van der Waals surface area contributed by atoms with E-state index in [2.05, 4.69) is 44.3 Å². The van der Waals surface area contributed by atoms with Crippen LogP contribution in [0.5, 0.6) is 0 Å². The van der Waals surface area contributed by atoms with Crippen molar-refractivity contribution in [1.29, 1.82) is 0 Å². The van der Waals surface area contributed by atoms with Gasteiger partial charge in [0.2, 0.25) is 0 Å². The first-order valence-electron chi connectivity index (χ1n) is 5.75. The van der Waals surface area contributed by atoms with Crippen LogP contribution in [0.1, 0.15) is 23.7 Å². The maximum absolute atomic E-state index is 4.71. The summed E-state index contributed by atoms with van der Waals surface area (Å²) < 4.78 is 0. The monoisotopic (exact) mass is 214 g/mol. The summed E-state index contributed by atoms with van der Waals surface area (Å²) in [5, 5.41) is 4.52. The molecule has 0 fully saturated rings. The van der Waals surface area contributed by atoms with Gasteiger partial charge in [0.25, 0.3) is 0 Å². The summed E-state index contributed by atoms with van der Waals surface area (Å²) in [6.45, 7) is 6.36. The fourth-order valence-electron chi connectivity index (χ4n) is 2.17. The Morgan fingerprint density at radius 2 is 2.00 bits per heavy atom. The molecule has 84 valence electrons. The smallest absolute Gasteiger partial charge is 0.0757 e. The predicted molar refractivity (Wildman–Crippen MR) is 70.1 cm³/mol. The van der Waals surface area contributed by atoms with Gasteiger partial charge < -0.3 is 5.32 Å². The lowest BCUT2D eigenvalue weighted by atomic mass is 10.0. The quantitative estimate of drug-likeness (QED) is 0.828. The molecule has 1 heterocycles. The van der Waals surface area contributed by atoms with E-state index in [1.165, 1.54) is 22.2 Å². The van der Waals surface area contributed by atoms with Crippen molar-refractivity contribution < 1.29 is 0 Å². The van der Waals surface area contributed by atoms with E-state index in [1.54, 1.807) is 0 Å². The molecule has 0 aliphatic rings. The molecule has 0 unspecified atom stereocenters. The fraction of sp³-hybridized carbons (Fsp3) is 0.357. The molecule has 0 spiro atoms. The standard InChI is InChI=1S/C14H18N2/c1-5-11-7-6-8-12-13(15-4)9(2)10(3)16-14(11)12/h6-8H,5H2,1-4H3,(H,15,16). The van der Waals surface area contributed by atoms with E-state index >= 15 is 0 Å². The second-order valence-electron chi connectivity index (χ2n) is 4.11. The van der Waals surface area contributed by atoms with E-state index in [0.717, 1.165) is 17.6 Å². The Balaban J connectivity index is 2.89. The molecule has 2 rings (SSSR count). The molecule has 0 aliphatic carbocycles. The summed E-state index contributed by atoms with van der Waals surface area (Å²) in [5.41, 5.74) is 6.01. The molecule has 2 heteroatoms. The van der Waals surface area contributed by atoms with Gasteiger partial charge in [-0.2, -0.15) is 0 Å².